The lowest BCUT2D eigenvalue weighted by molar-refractivity contribution is 0.914. The van der Waals surface area contributed by atoms with E-state index in [1.165, 1.54) is 11.3 Å². The Morgan fingerprint density at radius 2 is 2.11 bits per heavy atom. The molecule has 19 heavy (non-hydrogen) atoms. The van der Waals surface area contributed by atoms with Crippen molar-refractivity contribution in [2.75, 3.05) is 0 Å². The van der Waals surface area contributed by atoms with Gasteiger partial charge < -0.3 is 4.57 Å². The van der Waals surface area contributed by atoms with Crippen LogP contribution in [0.5, 0.6) is 0 Å². The van der Waals surface area contributed by atoms with Crippen molar-refractivity contribution in [1.82, 2.24) is 24.5 Å². The summed E-state index contributed by atoms with van der Waals surface area (Å²) in [6.45, 7) is 1.92. The van der Waals surface area contributed by atoms with Gasteiger partial charge in [-0.25, -0.2) is 19.9 Å². The van der Waals surface area contributed by atoms with E-state index in [0.717, 1.165) is 17.2 Å². The number of aryl methyl sites for hydroxylation is 2. The maximum Gasteiger partial charge on any atom is 0.189 e. The SMILES string of the molecule is Cc1cc(-c2nccn2C)nc(-c2nc(Cl)cs2)n1. The van der Waals surface area contributed by atoms with Crippen LogP contribution in [0.25, 0.3) is 22.4 Å². The van der Waals surface area contributed by atoms with Crippen molar-refractivity contribution in [3.63, 3.8) is 0 Å². The molecule has 0 aromatic carbocycles. The quantitative estimate of drug-likeness (QED) is 0.728. The number of halogens is 1. The lowest BCUT2D eigenvalue weighted by Gasteiger charge is -2.04. The minimum atomic E-state index is 0.462. The van der Waals surface area contributed by atoms with Crippen LogP contribution < -0.4 is 0 Å². The van der Waals surface area contributed by atoms with Crippen LogP contribution in [0.2, 0.25) is 5.15 Å². The van der Waals surface area contributed by atoms with E-state index in [2.05, 4.69) is 19.9 Å². The lowest BCUT2D eigenvalue weighted by atomic mass is 10.3. The summed E-state index contributed by atoms with van der Waals surface area (Å²) in [6.07, 6.45) is 3.62. The molecule has 0 atom stereocenters. The van der Waals surface area contributed by atoms with Gasteiger partial charge >= 0.3 is 0 Å². The van der Waals surface area contributed by atoms with Crippen molar-refractivity contribution in [3.8, 4) is 22.4 Å². The van der Waals surface area contributed by atoms with Gasteiger partial charge in [-0.2, -0.15) is 0 Å². The van der Waals surface area contributed by atoms with E-state index in [9.17, 15) is 0 Å². The number of hydrogen-bond donors (Lipinski definition) is 0. The van der Waals surface area contributed by atoms with E-state index in [4.69, 9.17) is 11.6 Å². The molecule has 7 heteroatoms. The second-order valence-electron chi connectivity index (χ2n) is 4.06. The fraction of sp³-hybridized carbons (Fsp3) is 0.167. The van der Waals surface area contributed by atoms with Gasteiger partial charge in [-0.05, 0) is 13.0 Å². The first-order valence-corrected chi connectivity index (χ1v) is 6.84. The van der Waals surface area contributed by atoms with Gasteiger partial charge in [0.1, 0.15) is 10.8 Å². The number of imidazole rings is 1. The average Bonchev–Trinajstić information content (AvgIpc) is 2.97. The molecule has 0 aliphatic heterocycles. The van der Waals surface area contributed by atoms with Crippen LogP contribution in [0.4, 0.5) is 0 Å². The summed E-state index contributed by atoms with van der Waals surface area (Å²) in [7, 11) is 1.93. The van der Waals surface area contributed by atoms with Gasteiger partial charge in [-0.1, -0.05) is 11.6 Å². The van der Waals surface area contributed by atoms with Crippen molar-refractivity contribution < 1.29 is 0 Å². The number of nitrogens with zero attached hydrogens (tertiary/aromatic N) is 5. The van der Waals surface area contributed by atoms with Gasteiger partial charge in [-0.3, -0.25) is 0 Å². The van der Waals surface area contributed by atoms with E-state index in [0.29, 0.717) is 16.0 Å². The summed E-state index contributed by atoms with van der Waals surface area (Å²) in [4.78, 5) is 17.4. The predicted octanol–water partition coefficient (Wildman–Crippen LogP) is 2.96. The maximum absolute atomic E-state index is 5.84. The average molecular weight is 292 g/mol. The van der Waals surface area contributed by atoms with Crippen LogP contribution in [0.1, 0.15) is 5.69 Å². The van der Waals surface area contributed by atoms with Gasteiger partial charge in [0.05, 0.1) is 0 Å². The van der Waals surface area contributed by atoms with E-state index < -0.39 is 0 Å². The molecule has 0 radical (unpaired) electrons. The molecule has 0 saturated carbocycles. The van der Waals surface area contributed by atoms with Crippen LogP contribution in [-0.2, 0) is 7.05 Å². The maximum atomic E-state index is 5.84. The topological polar surface area (TPSA) is 56.5 Å². The predicted molar refractivity (Wildman–Crippen MR) is 75.1 cm³/mol. The Morgan fingerprint density at radius 1 is 1.26 bits per heavy atom. The van der Waals surface area contributed by atoms with Gasteiger partial charge in [0.15, 0.2) is 16.7 Å². The number of rotatable bonds is 2. The minimum Gasteiger partial charge on any atom is -0.333 e. The van der Waals surface area contributed by atoms with Crippen molar-refractivity contribution >= 4 is 22.9 Å². The summed E-state index contributed by atoms with van der Waals surface area (Å²) in [5.41, 5.74) is 1.65. The molecule has 0 N–H and O–H groups in total. The van der Waals surface area contributed by atoms with Crippen LogP contribution in [0, 0.1) is 6.92 Å². The Labute approximate surface area is 119 Å². The summed E-state index contributed by atoms with van der Waals surface area (Å²) in [5, 5.41) is 2.94. The molecule has 3 heterocycles. The third kappa shape index (κ3) is 2.36. The highest BCUT2D eigenvalue weighted by Crippen LogP contribution is 2.25. The molecular weight excluding hydrogens is 282 g/mol. The van der Waals surface area contributed by atoms with Crippen LogP contribution in [0.15, 0.2) is 23.8 Å². The van der Waals surface area contributed by atoms with Crippen molar-refractivity contribution in [1.29, 1.82) is 0 Å². The third-order valence-electron chi connectivity index (χ3n) is 2.57. The highest BCUT2D eigenvalue weighted by Gasteiger charge is 2.12. The normalized spacial score (nSPS) is 10.9. The standard InChI is InChI=1S/C12H10ClN5S/c1-7-5-8(11-14-3-4-18(11)2)16-10(15-7)12-17-9(13)6-19-12/h3-6H,1-2H3. The number of thiazole rings is 1. The first-order valence-electron chi connectivity index (χ1n) is 5.58. The Bertz CT molecular complexity index is 733. The molecule has 96 valence electrons. The first-order chi connectivity index (χ1) is 9.13. The lowest BCUT2D eigenvalue weighted by Crippen LogP contribution is -1.99. The molecule has 0 bridgehead atoms. The number of hydrogen-bond acceptors (Lipinski definition) is 5. The van der Waals surface area contributed by atoms with Gasteiger partial charge in [0.2, 0.25) is 0 Å². The molecule has 0 amide bonds. The molecular formula is C12H10ClN5S. The van der Waals surface area contributed by atoms with Gasteiger partial charge in [-0.15, -0.1) is 11.3 Å². The molecule has 0 fully saturated rings. The second-order valence-corrected chi connectivity index (χ2v) is 5.30. The van der Waals surface area contributed by atoms with Gasteiger partial charge in [0.25, 0.3) is 0 Å². The van der Waals surface area contributed by atoms with Crippen LogP contribution in [0.3, 0.4) is 0 Å². The smallest absolute Gasteiger partial charge is 0.189 e. The minimum absolute atomic E-state index is 0.462. The van der Waals surface area contributed by atoms with Crippen LogP contribution in [-0.4, -0.2) is 24.5 Å². The molecule has 0 unspecified atom stereocenters. The zero-order chi connectivity index (χ0) is 13.4. The first kappa shape index (κ1) is 12.3. The summed E-state index contributed by atoms with van der Waals surface area (Å²) < 4.78 is 1.92. The van der Waals surface area contributed by atoms with Crippen molar-refractivity contribution in [3.05, 3.63) is 34.7 Å². The van der Waals surface area contributed by atoms with E-state index >= 15 is 0 Å². The number of aromatic nitrogens is 5. The fourth-order valence-electron chi connectivity index (χ4n) is 1.75. The van der Waals surface area contributed by atoms with E-state index in [-0.39, 0.29) is 0 Å². The molecule has 0 saturated heterocycles. The molecule has 3 rings (SSSR count). The Balaban J connectivity index is 2.13. The molecule has 0 aliphatic rings. The highest BCUT2D eigenvalue weighted by molar-refractivity contribution is 7.13. The third-order valence-corrected chi connectivity index (χ3v) is 3.73. The Kier molecular flexibility index (Phi) is 3.04. The second kappa shape index (κ2) is 4.71. The fourth-order valence-corrected chi connectivity index (χ4v) is 2.63. The molecule has 5 nitrogen and oxygen atoms in total. The Morgan fingerprint density at radius 3 is 2.74 bits per heavy atom. The highest BCUT2D eigenvalue weighted by atomic mass is 35.5. The largest absolute Gasteiger partial charge is 0.333 e. The summed E-state index contributed by atoms with van der Waals surface area (Å²) >= 11 is 7.27. The van der Waals surface area contributed by atoms with E-state index in [1.807, 2.05) is 30.8 Å². The molecule has 0 spiro atoms. The Hall–Kier alpha value is -1.79. The monoisotopic (exact) mass is 291 g/mol. The van der Waals surface area contributed by atoms with Crippen molar-refractivity contribution in [2.45, 2.75) is 6.92 Å². The summed E-state index contributed by atoms with van der Waals surface area (Å²) in [5.74, 6) is 1.38. The van der Waals surface area contributed by atoms with Crippen LogP contribution >= 0.6 is 22.9 Å². The molecule has 3 aromatic heterocycles. The van der Waals surface area contributed by atoms with E-state index in [1.54, 1.807) is 11.6 Å². The molecule has 3 aromatic rings. The zero-order valence-electron chi connectivity index (χ0n) is 10.3. The van der Waals surface area contributed by atoms with Gasteiger partial charge in [0, 0.05) is 30.5 Å². The zero-order valence-corrected chi connectivity index (χ0v) is 11.9. The summed E-state index contributed by atoms with van der Waals surface area (Å²) in [6, 6.07) is 1.90. The molecule has 0 aliphatic carbocycles. The van der Waals surface area contributed by atoms with Crippen molar-refractivity contribution in [2.24, 2.45) is 7.05 Å².